The van der Waals surface area contributed by atoms with E-state index in [0.29, 0.717) is 5.54 Å². The van der Waals surface area contributed by atoms with Gasteiger partial charge in [0.05, 0.1) is 0 Å². The van der Waals surface area contributed by atoms with E-state index in [4.69, 9.17) is 0 Å². The number of nitrogens with one attached hydrogen (secondary N) is 1. The standard InChI is InChI=1S/C16H32N2/c1-5-16(4)12-18(14-9-7-6-8-10-14)15(11-17-16)13(2)3/h13-15,17H,5-12H2,1-4H3. The lowest BCUT2D eigenvalue weighted by molar-refractivity contribution is 0.0118. The fraction of sp³-hybridized carbons (Fsp3) is 1.00. The van der Waals surface area contributed by atoms with Gasteiger partial charge in [-0.1, -0.05) is 40.0 Å². The maximum atomic E-state index is 3.80. The molecule has 0 radical (unpaired) electrons. The van der Waals surface area contributed by atoms with E-state index in [2.05, 4.69) is 37.9 Å². The number of hydrogen-bond donors (Lipinski definition) is 1. The second-order valence-electron chi connectivity index (χ2n) is 7.07. The van der Waals surface area contributed by atoms with Crippen molar-refractivity contribution in [1.82, 2.24) is 10.2 Å². The second-order valence-corrected chi connectivity index (χ2v) is 7.07. The van der Waals surface area contributed by atoms with E-state index < -0.39 is 0 Å². The number of piperazine rings is 1. The third kappa shape index (κ3) is 3.08. The molecule has 2 atom stereocenters. The summed E-state index contributed by atoms with van der Waals surface area (Å²) in [4.78, 5) is 2.86. The fourth-order valence-corrected chi connectivity index (χ4v) is 3.71. The molecule has 1 aliphatic carbocycles. The Balaban J connectivity index is 2.08. The third-order valence-corrected chi connectivity index (χ3v) is 5.29. The molecule has 1 saturated carbocycles. The van der Waals surface area contributed by atoms with Crippen molar-refractivity contribution in [1.29, 1.82) is 0 Å². The topological polar surface area (TPSA) is 15.3 Å². The first-order chi connectivity index (χ1) is 8.56. The molecule has 0 amide bonds. The van der Waals surface area contributed by atoms with E-state index in [1.54, 1.807) is 0 Å². The molecule has 2 fully saturated rings. The van der Waals surface area contributed by atoms with E-state index in [-0.39, 0.29) is 0 Å². The maximum absolute atomic E-state index is 3.80. The summed E-state index contributed by atoms with van der Waals surface area (Å²) in [5, 5.41) is 3.80. The van der Waals surface area contributed by atoms with E-state index >= 15 is 0 Å². The minimum atomic E-state index is 0.336. The normalized spacial score (nSPS) is 36.2. The molecule has 0 aromatic rings. The van der Waals surface area contributed by atoms with Crippen LogP contribution in [0.25, 0.3) is 0 Å². The summed E-state index contributed by atoms with van der Waals surface area (Å²) in [5.74, 6) is 0.765. The summed E-state index contributed by atoms with van der Waals surface area (Å²) in [6, 6.07) is 1.60. The Hall–Kier alpha value is -0.0800. The molecule has 2 aliphatic rings. The van der Waals surface area contributed by atoms with Crippen molar-refractivity contribution in [3.8, 4) is 0 Å². The molecule has 1 saturated heterocycles. The molecule has 0 spiro atoms. The second kappa shape index (κ2) is 5.92. The van der Waals surface area contributed by atoms with Gasteiger partial charge in [0.2, 0.25) is 0 Å². The van der Waals surface area contributed by atoms with Crippen LogP contribution in [0.4, 0.5) is 0 Å². The summed E-state index contributed by atoms with van der Waals surface area (Å²) >= 11 is 0. The molecule has 2 rings (SSSR count). The third-order valence-electron chi connectivity index (χ3n) is 5.29. The lowest BCUT2D eigenvalue weighted by Crippen LogP contribution is -2.66. The van der Waals surface area contributed by atoms with Gasteiger partial charge in [0, 0.05) is 30.7 Å². The number of hydrogen-bond acceptors (Lipinski definition) is 2. The van der Waals surface area contributed by atoms with E-state index in [9.17, 15) is 0 Å². The lowest BCUT2D eigenvalue weighted by Gasteiger charge is -2.51. The van der Waals surface area contributed by atoms with Crippen LogP contribution >= 0.6 is 0 Å². The molecule has 0 aromatic carbocycles. The van der Waals surface area contributed by atoms with Crippen LogP contribution in [-0.4, -0.2) is 35.6 Å². The Labute approximate surface area is 114 Å². The van der Waals surface area contributed by atoms with Gasteiger partial charge in [-0.2, -0.15) is 0 Å². The molecule has 18 heavy (non-hydrogen) atoms. The van der Waals surface area contributed by atoms with Crippen molar-refractivity contribution in [2.75, 3.05) is 13.1 Å². The highest BCUT2D eigenvalue weighted by atomic mass is 15.3. The Bertz CT molecular complexity index is 258. The van der Waals surface area contributed by atoms with Gasteiger partial charge in [0.25, 0.3) is 0 Å². The summed E-state index contributed by atoms with van der Waals surface area (Å²) in [7, 11) is 0. The van der Waals surface area contributed by atoms with Crippen molar-refractivity contribution in [2.24, 2.45) is 5.92 Å². The van der Waals surface area contributed by atoms with Gasteiger partial charge in [-0.25, -0.2) is 0 Å². The van der Waals surface area contributed by atoms with Gasteiger partial charge in [-0.15, -0.1) is 0 Å². The van der Waals surface area contributed by atoms with E-state index in [0.717, 1.165) is 18.0 Å². The minimum Gasteiger partial charge on any atom is -0.309 e. The van der Waals surface area contributed by atoms with Crippen molar-refractivity contribution < 1.29 is 0 Å². The van der Waals surface area contributed by atoms with Crippen molar-refractivity contribution in [2.45, 2.75) is 83.8 Å². The van der Waals surface area contributed by atoms with Gasteiger partial charge in [-0.05, 0) is 32.1 Å². The van der Waals surface area contributed by atoms with Crippen LogP contribution in [0.1, 0.15) is 66.2 Å². The highest BCUT2D eigenvalue weighted by Crippen LogP contribution is 2.30. The summed E-state index contributed by atoms with van der Waals surface area (Å²) in [6.07, 6.45) is 8.46. The minimum absolute atomic E-state index is 0.336. The average molecular weight is 252 g/mol. The molecule has 106 valence electrons. The SMILES string of the molecule is CCC1(C)CN(C2CCCCC2)C(C(C)C)CN1. The van der Waals surface area contributed by atoms with Gasteiger partial charge in [-0.3, -0.25) is 4.90 Å². The smallest absolute Gasteiger partial charge is 0.0278 e. The van der Waals surface area contributed by atoms with Crippen LogP contribution in [0.5, 0.6) is 0 Å². The predicted octanol–water partition coefficient (Wildman–Crippen LogP) is 3.42. The Morgan fingerprint density at radius 1 is 1.22 bits per heavy atom. The highest BCUT2D eigenvalue weighted by Gasteiger charge is 2.39. The largest absolute Gasteiger partial charge is 0.309 e. The zero-order valence-electron chi connectivity index (χ0n) is 12.8. The fourth-order valence-electron chi connectivity index (χ4n) is 3.71. The van der Waals surface area contributed by atoms with Crippen molar-refractivity contribution >= 4 is 0 Å². The highest BCUT2D eigenvalue weighted by molar-refractivity contribution is 4.98. The zero-order chi connectivity index (χ0) is 13.2. The molecule has 1 heterocycles. The molecule has 0 aromatic heterocycles. The quantitative estimate of drug-likeness (QED) is 0.828. The average Bonchev–Trinajstić information content (AvgIpc) is 2.39. The van der Waals surface area contributed by atoms with Crippen LogP contribution in [-0.2, 0) is 0 Å². The molecule has 2 unspecified atom stereocenters. The Morgan fingerprint density at radius 3 is 2.44 bits per heavy atom. The maximum Gasteiger partial charge on any atom is 0.0278 e. The molecule has 1 aliphatic heterocycles. The number of nitrogens with zero attached hydrogens (tertiary/aromatic N) is 1. The molecule has 1 N–H and O–H groups in total. The molecule has 0 bridgehead atoms. The van der Waals surface area contributed by atoms with Gasteiger partial charge in [0.1, 0.15) is 0 Å². The predicted molar refractivity (Wildman–Crippen MR) is 78.9 cm³/mol. The molecule has 2 nitrogen and oxygen atoms in total. The first-order valence-corrected chi connectivity index (χ1v) is 8.06. The summed E-state index contributed by atoms with van der Waals surface area (Å²) in [6.45, 7) is 11.9. The van der Waals surface area contributed by atoms with E-state index in [1.807, 2.05) is 0 Å². The molecular formula is C16H32N2. The zero-order valence-corrected chi connectivity index (χ0v) is 12.8. The lowest BCUT2D eigenvalue weighted by atomic mass is 9.85. The Morgan fingerprint density at radius 2 is 1.89 bits per heavy atom. The summed E-state index contributed by atoms with van der Waals surface area (Å²) < 4.78 is 0. The Kier molecular flexibility index (Phi) is 4.71. The van der Waals surface area contributed by atoms with Crippen LogP contribution in [0, 0.1) is 5.92 Å². The van der Waals surface area contributed by atoms with Crippen LogP contribution < -0.4 is 5.32 Å². The summed E-state index contributed by atoms with van der Waals surface area (Å²) in [5.41, 5.74) is 0.336. The van der Waals surface area contributed by atoms with E-state index in [1.165, 1.54) is 51.6 Å². The van der Waals surface area contributed by atoms with Crippen molar-refractivity contribution in [3.05, 3.63) is 0 Å². The van der Waals surface area contributed by atoms with Crippen LogP contribution in [0.15, 0.2) is 0 Å². The molecule has 2 heteroatoms. The number of rotatable bonds is 3. The van der Waals surface area contributed by atoms with Crippen LogP contribution in [0.3, 0.4) is 0 Å². The van der Waals surface area contributed by atoms with Gasteiger partial charge < -0.3 is 5.32 Å². The van der Waals surface area contributed by atoms with Gasteiger partial charge in [0.15, 0.2) is 0 Å². The molecular weight excluding hydrogens is 220 g/mol. The monoisotopic (exact) mass is 252 g/mol. The van der Waals surface area contributed by atoms with Gasteiger partial charge >= 0.3 is 0 Å². The first kappa shape index (κ1) is 14.3. The van der Waals surface area contributed by atoms with Crippen molar-refractivity contribution in [3.63, 3.8) is 0 Å². The first-order valence-electron chi connectivity index (χ1n) is 8.06. The van der Waals surface area contributed by atoms with Crippen LogP contribution in [0.2, 0.25) is 0 Å².